The van der Waals surface area contributed by atoms with Crippen molar-refractivity contribution < 1.29 is 27.6 Å². The molecule has 0 aromatic heterocycles. The van der Waals surface area contributed by atoms with Crippen molar-refractivity contribution in [2.45, 2.75) is 4.90 Å². The first-order valence-electron chi connectivity index (χ1n) is 7.76. The Morgan fingerprint density at radius 3 is 2.44 bits per heavy atom. The van der Waals surface area contributed by atoms with Crippen molar-refractivity contribution in [1.82, 2.24) is 5.32 Å². The number of amides is 1. The number of ether oxygens (including phenoxy) is 2. The highest BCUT2D eigenvalue weighted by Gasteiger charge is 2.19. The van der Waals surface area contributed by atoms with E-state index in [0.29, 0.717) is 11.5 Å². The molecule has 2 aromatic carbocycles. The normalized spacial score (nSPS) is 10.9. The topological polar surface area (TPSA) is 125 Å². The number of hydrogen-bond donors (Lipinski definition) is 1. The van der Waals surface area contributed by atoms with Gasteiger partial charge in [-0.15, -0.1) is 0 Å². The van der Waals surface area contributed by atoms with Gasteiger partial charge in [-0.1, -0.05) is 12.1 Å². The monoisotopic (exact) mass is 394 g/mol. The molecule has 2 aromatic rings. The number of carbonyl (C=O) groups excluding carboxylic acids is 1. The summed E-state index contributed by atoms with van der Waals surface area (Å²) in [4.78, 5) is 22.2. The lowest BCUT2D eigenvalue weighted by atomic mass is 10.2. The lowest BCUT2D eigenvalue weighted by Gasteiger charge is -2.11. The van der Waals surface area contributed by atoms with Crippen LogP contribution in [0.3, 0.4) is 0 Å². The summed E-state index contributed by atoms with van der Waals surface area (Å²) in [5, 5.41) is 13.5. The van der Waals surface area contributed by atoms with E-state index in [-0.39, 0.29) is 23.6 Å². The lowest BCUT2D eigenvalue weighted by Crippen LogP contribution is -2.28. The van der Waals surface area contributed by atoms with Crippen LogP contribution < -0.4 is 14.8 Å². The molecule has 2 rings (SSSR count). The number of para-hydroxylation sites is 2. The third kappa shape index (κ3) is 5.42. The van der Waals surface area contributed by atoms with E-state index in [1.165, 1.54) is 7.11 Å². The number of nitro benzene ring substituents is 1. The first-order valence-corrected chi connectivity index (χ1v) is 9.65. The third-order valence-electron chi connectivity index (χ3n) is 3.51. The molecule has 0 spiro atoms. The second-order valence-electron chi connectivity index (χ2n) is 5.50. The molecule has 27 heavy (non-hydrogen) atoms. The molecule has 0 radical (unpaired) electrons. The van der Waals surface area contributed by atoms with E-state index >= 15 is 0 Å². The number of nitro groups is 1. The van der Waals surface area contributed by atoms with Gasteiger partial charge < -0.3 is 14.8 Å². The summed E-state index contributed by atoms with van der Waals surface area (Å²) in [5.41, 5.74) is -0.602. The van der Waals surface area contributed by atoms with E-state index in [2.05, 4.69) is 5.32 Å². The van der Waals surface area contributed by atoms with Gasteiger partial charge in [-0.3, -0.25) is 14.9 Å². The molecule has 1 amide bonds. The highest BCUT2D eigenvalue weighted by Crippen LogP contribution is 2.25. The molecular formula is C17H18N2O7S. The van der Waals surface area contributed by atoms with E-state index in [9.17, 15) is 23.3 Å². The van der Waals surface area contributed by atoms with Crippen LogP contribution in [0.4, 0.5) is 5.69 Å². The Labute approximate surface area is 156 Å². The standard InChI is InChI=1S/C17H18N2O7S/c1-25-15-5-3-4-6-16(15)26-8-7-18-17(20)12-9-13(19(21)22)11-14(10-12)27(2,23)24/h3-6,9-11H,7-8H2,1-2H3,(H,18,20). The van der Waals surface area contributed by atoms with Crippen LogP contribution >= 0.6 is 0 Å². The SMILES string of the molecule is COc1ccccc1OCCNC(=O)c1cc([N+](=O)[O-])cc(S(C)(=O)=O)c1. The third-order valence-corrected chi connectivity index (χ3v) is 4.60. The van der Waals surface area contributed by atoms with Crippen molar-refractivity contribution in [3.05, 3.63) is 58.1 Å². The second kappa shape index (κ2) is 8.49. The van der Waals surface area contributed by atoms with Crippen LogP contribution in [0.1, 0.15) is 10.4 Å². The van der Waals surface area contributed by atoms with Gasteiger partial charge in [-0.2, -0.15) is 0 Å². The minimum absolute atomic E-state index is 0.105. The van der Waals surface area contributed by atoms with Gasteiger partial charge >= 0.3 is 0 Å². The van der Waals surface area contributed by atoms with Gasteiger partial charge in [-0.25, -0.2) is 8.42 Å². The summed E-state index contributed by atoms with van der Waals surface area (Å²) in [7, 11) is -2.20. The molecule has 0 aliphatic rings. The van der Waals surface area contributed by atoms with Crippen LogP contribution in [-0.4, -0.2) is 45.8 Å². The van der Waals surface area contributed by atoms with E-state index in [1.54, 1.807) is 24.3 Å². The number of carbonyl (C=O) groups is 1. The van der Waals surface area contributed by atoms with Gasteiger partial charge in [0.2, 0.25) is 0 Å². The zero-order valence-corrected chi connectivity index (χ0v) is 15.5. The molecule has 9 nitrogen and oxygen atoms in total. The second-order valence-corrected chi connectivity index (χ2v) is 7.52. The number of benzene rings is 2. The van der Waals surface area contributed by atoms with Crippen molar-refractivity contribution in [3.63, 3.8) is 0 Å². The molecule has 1 N–H and O–H groups in total. The van der Waals surface area contributed by atoms with E-state index in [1.807, 2.05) is 0 Å². The van der Waals surface area contributed by atoms with Gasteiger partial charge in [0.1, 0.15) is 6.61 Å². The number of nitrogens with zero attached hydrogens (tertiary/aromatic N) is 1. The molecule has 0 saturated heterocycles. The minimum atomic E-state index is -3.71. The predicted octanol–water partition coefficient (Wildman–Crippen LogP) is 1.82. The Hall–Kier alpha value is -3.14. The molecule has 10 heteroatoms. The highest BCUT2D eigenvalue weighted by molar-refractivity contribution is 7.90. The highest BCUT2D eigenvalue weighted by atomic mass is 32.2. The number of non-ortho nitro benzene ring substituents is 1. The zero-order valence-electron chi connectivity index (χ0n) is 14.7. The van der Waals surface area contributed by atoms with E-state index in [0.717, 1.165) is 24.5 Å². The van der Waals surface area contributed by atoms with E-state index < -0.39 is 26.4 Å². The molecule has 0 unspecified atom stereocenters. The fourth-order valence-electron chi connectivity index (χ4n) is 2.20. The Kier molecular flexibility index (Phi) is 6.35. The summed E-state index contributed by atoms with van der Waals surface area (Å²) < 4.78 is 34.0. The van der Waals surface area contributed by atoms with Gasteiger partial charge in [0.15, 0.2) is 21.3 Å². The Morgan fingerprint density at radius 1 is 1.19 bits per heavy atom. The molecule has 0 aliphatic heterocycles. The van der Waals surface area contributed by atoms with Crippen LogP contribution in [0.25, 0.3) is 0 Å². The molecule has 144 valence electrons. The number of methoxy groups -OCH3 is 1. The zero-order chi connectivity index (χ0) is 20.0. The van der Waals surface area contributed by atoms with Crippen LogP contribution in [0.15, 0.2) is 47.4 Å². The van der Waals surface area contributed by atoms with Crippen molar-refractivity contribution in [1.29, 1.82) is 0 Å². The lowest BCUT2D eigenvalue weighted by molar-refractivity contribution is -0.385. The van der Waals surface area contributed by atoms with Crippen molar-refractivity contribution in [3.8, 4) is 11.5 Å². The Morgan fingerprint density at radius 2 is 1.85 bits per heavy atom. The quantitative estimate of drug-likeness (QED) is 0.411. The van der Waals surface area contributed by atoms with E-state index in [4.69, 9.17) is 9.47 Å². The van der Waals surface area contributed by atoms with Crippen LogP contribution in [-0.2, 0) is 9.84 Å². The summed E-state index contributed by atoms with van der Waals surface area (Å²) in [6.45, 7) is 0.230. The predicted molar refractivity (Wildman–Crippen MR) is 97.0 cm³/mol. The van der Waals surface area contributed by atoms with Gasteiger partial charge in [-0.05, 0) is 18.2 Å². The van der Waals surface area contributed by atoms with Crippen molar-refractivity contribution in [2.75, 3.05) is 26.5 Å². The summed E-state index contributed by atoms with van der Waals surface area (Å²) in [6, 6.07) is 10.0. The fourth-order valence-corrected chi connectivity index (χ4v) is 2.88. The van der Waals surface area contributed by atoms with Gasteiger partial charge in [0.05, 0.1) is 23.5 Å². The van der Waals surface area contributed by atoms with Gasteiger partial charge in [0.25, 0.3) is 11.6 Å². The molecule has 0 saturated carbocycles. The maximum Gasteiger partial charge on any atom is 0.271 e. The minimum Gasteiger partial charge on any atom is -0.493 e. The van der Waals surface area contributed by atoms with Crippen molar-refractivity contribution in [2.24, 2.45) is 0 Å². The molecular weight excluding hydrogens is 376 g/mol. The average Bonchev–Trinajstić information content (AvgIpc) is 2.64. The first-order chi connectivity index (χ1) is 12.7. The number of rotatable bonds is 8. The number of hydrogen-bond acceptors (Lipinski definition) is 7. The largest absolute Gasteiger partial charge is 0.493 e. The van der Waals surface area contributed by atoms with Crippen LogP contribution in [0.5, 0.6) is 11.5 Å². The maximum atomic E-state index is 12.2. The molecule has 0 fully saturated rings. The molecule has 0 aliphatic carbocycles. The number of nitrogens with one attached hydrogen (secondary N) is 1. The van der Waals surface area contributed by atoms with Gasteiger partial charge in [0, 0.05) is 24.0 Å². The Balaban J connectivity index is 2.05. The summed E-state index contributed by atoms with van der Waals surface area (Å²) >= 11 is 0. The maximum absolute atomic E-state index is 12.2. The molecule has 0 bridgehead atoms. The smallest absolute Gasteiger partial charge is 0.271 e. The number of sulfone groups is 1. The average molecular weight is 394 g/mol. The van der Waals surface area contributed by atoms with Crippen molar-refractivity contribution >= 4 is 21.4 Å². The summed E-state index contributed by atoms with van der Waals surface area (Å²) in [5.74, 6) is 0.400. The molecule has 0 heterocycles. The van der Waals surface area contributed by atoms with Crippen LogP contribution in [0, 0.1) is 10.1 Å². The first kappa shape index (κ1) is 20.2. The molecule has 0 atom stereocenters. The Bertz CT molecular complexity index is 958. The fraction of sp³-hybridized carbons (Fsp3) is 0.235. The summed E-state index contributed by atoms with van der Waals surface area (Å²) in [6.07, 6.45) is 0.912. The van der Waals surface area contributed by atoms with Crippen LogP contribution in [0.2, 0.25) is 0 Å².